The fourth-order valence-electron chi connectivity index (χ4n) is 3.91. The third kappa shape index (κ3) is 5.41. The van der Waals surface area contributed by atoms with Gasteiger partial charge in [0.1, 0.15) is 18.9 Å². The van der Waals surface area contributed by atoms with Gasteiger partial charge in [0, 0.05) is 19.4 Å². The van der Waals surface area contributed by atoms with Crippen molar-refractivity contribution in [2.24, 2.45) is 0 Å². The van der Waals surface area contributed by atoms with Gasteiger partial charge < -0.3 is 24.1 Å². The molecule has 0 bridgehead atoms. The zero-order valence-electron chi connectivity index (χ0n) is 19.1. The summed E-state index contributed by atoms with van der Waals surface area (Å²) in [7, 11) is 1.38. The Bertz CT molecular complexity index is 1240. The van der Waals surface area contributed by atoms with Crippen LogP contribution in [0.5, 0.6) is 0 Å². The topological polar surface area (TPSA) is 118 Å². The fourth-order valence-corrected chi connectivity index (χ4v) is 3.91. The van der Waals surface area contributed by atoms with Crippen LogP contribution in [0.1, 0.15) is 22.1 Å². The lowest BCUT2D eigenvalue weighted by atomic mass is 10.1. The average molecular weight is 482 g/mol. The molecule has 184 valence electrons. The number of benzene rings is 2. The minimum absolute atomic E-state index is 0.215. The van der Waals surface area contributed by atoms with Crippen molar-refractivity contribution >= 4 is 5.97 Å². The summed E-state index contributed by atoms with van der Waals surface area (Å²) in [5.74, 6) is -0.619. The van der Waals surface area contributed by atoms with Crippen molar-refractivity contribution in [2.75, 3.05) is 13.7 Å². The van der Waals surface area contributed by atoms with Gasteiger partial charge in [-0.3, -0.25) is 9.36 Å². The molecule has 35 heavy (non-hydrogen) atoms. The molecule has 1 saturated heterocycles. The molecule has 2 heterocycles. The number of hydrogen-bond acceptors (Lipinski definition) is 8. The largest absolute Gasteiger partial charge is 0.453 e. The predicted molar refractivity (Wildman–Crippen MR) is 124 cm³/mol. The van der Waals surface area contributed by atoms with Crippen molar-refractivity contribution in [3.63, 3.8) is 0 Å². The monoisotopic (exact) mass is 482 g/mol. The van der Waals surface area contributed by atoms with E-state index in [1.807, 2.05) is 30.3 Å². The highest BCUT2D eigenvalue weighted by Gasteiger charge is 2.48. The van der Waals surface area contributed by atoms with Crippen molar-refractivity contribution in [1.82, 2.24) is 9.13 Å². The van der Waals surface area contributed by atoms with Gasteiger partial charge in [0.05, 0.1) is 18.8 Å². The fraction of sp³-hybridized carbons (Fsp3) is 0.320. The Hall–Kier alpha value is -3.57. The van der Waals surface area contributed by atoms with Crippen molar-refractivity contribution < 1.29 is 28.8 Å². The number of hydrogen-bond donors (Lipinski definition) is 1. The molecule has 10 nitrogen and oxygen atoms in total. The van der Waals surface area contributed by atoms with E-state index in [2.05, 4.69) is 0 Å². The van der Waals surface area contributed by atoms with E-state index in [0.717, 1.165) is 10.1 Å². The number of esters is 1. The van der Waals surface area contributed by atoms with E-state index in [0.29, 0.717) is 5.56 Å². The van der Waals surface area contributed by atoms with E-state index in [1.54, 1.807) is 30.3 Å². The summed E-state index contributed by atoms with van der Waals surface area (Å²) < 4.78 is 24.7. The Labute approximate surface area is 200 Å². The normalized spacial score (nSPS) is 21.7. The van der Waals surface area contributed by atoms with Gasteiger partial charge in [0.2, 0.25) is 0 Å². The van der Waals surface area contributed by atoms with Crippen LogP contribution in [-0.4, -0.2) is 52.2 Å². The molecule has 0 radical (unpaired) electrons. The molecular formula is C25H26N2O8. The van der Waals surface area contributed by atoms with E-state index < -0.39 is 48.4 Å². The number of aliphatic hydroxyl groups excluding tert-OH is 1. The molecule has 2 aromatic carbocycles. The molecule has 1 unspecified atom stereocenters. The van der Waals surface area contributed by atoms with Gasteiger partial charge in [0.15, 0.2) is 12.3 Å². The van der Waals surface area contributed by atoms with Crippen LogP contribution >= 0.6 is 0 Å². The molecule has 4 rings (SSSR count). The summed E-state index contributed by atoms with van der Waals surface area (Å²) in [5.41, 5.74) is -0.0191. The number of aliphatic hydroxyl groups is 1. The van der Waals surface area contributed by atoms with E-state index in [9.17, 15) is 19.5 Å². The van der Waals surface area contributed by atoms with Gasteiger partial charge in [-0.05, 0) is 17.7 Å². The Morgan fingerprint density at radius 2 is 1.69 bits per heavy atom. The molecule has 0 spiro atoms. The van der Waals surface area contributed by atoms with Crippen molar-refractivity contribution in [3.8, 4) is 0 Å². The predicted octanol–water partition coefficient (Wildman–Crippen LogP) is 1.31. The zero-order chi connectivity index (χ0) is 24.8. The van der Waals surface area contributed by atoms with Crippen molar-refractivity contribution in [3.05, 3.63) is 105 Å². The van der Waals surface area contributed by atoms with Gasteiger partial charge in [-0.15, -0.1) is 0 Å². The Morgan fingerprint density at radius 1 is 1.00 bits per heavy atom. The SMILES string of the molecule is CO[C@H]1C(OC(=O)c2ccccc2)[C@@H](CO)O[C@H]1n1ccc(=O)n(COCc2ccccc2)c1=O. The number of rotatable bonds is 9. The number of ether oxygens (including phenoxy) is 4. The Balaban J connectivity index is 1.55. The van der Waals surface area contributed by atoms with Crippen LogP contribution in [0.2, 0.25) is 0 Å². The first-order chi connectivity index (χ1) is 17.0. The summed E-state index contributed by atoms with van der Waals surface area (Å²) >= 11 is 0. The summed E-state index contributed by atoms with van der Waals surface area (Å²) in [5, 5.41) is 9.86. The first kappa shape index (κ1) is 24.6. The maximum absolute atomic E-state index is 13.2. The Morgan fingerprint density at radius 3 is 2.34 bits per heavy atom. The molecule has 1 aliphatic rings. The summed E-state index contributed by atoms with van der Waals surface area (Å²) in [6, 6.07) is 18.9. The van der Waals surface area contributed by atoms with Crippen LogP contribution < -0.4 is 11.2 Å². The summed E-state index contributed by atoms with van der Waals surface area (Å²) in [6.07, 6.45) is -2.64. The molecule has 0 aliphatic carbocycles. The molecule has 1 fully saturated rings. The van der Waals surface area contributed by atoms with Crippen molar-refractivity contribution in [1.29, 1.82) is 0 Å². The maximum atomic E-state index is 13.2. The molecule has 0 amide bonds. The minimum Gasteiger partial charge on any atom is -0.453 e. The molecular weight excluding hydrogens is 456 g/mol. The molecule has 3 aromatic rings. The second-order valence-corrected chi connectivity index (χ2v) is 7.92. The van der Waals surface area contributed by atoms with Crippen LogP contribution in [-0.2, 0) is 32.3 Å². The maximum Gasteiger partial charge on any atom is 0.338 e. The standard InChI is InChI=1S/C25H26N2O8/c1-32-22-21(35-24(30)18-10-6-3-7-11-18)19(14-28)34-23(22)26-13-12-20(29)27(25(26)31)16-33-15-17-8-4-2-5-9-17/h2-13,19,21-23,28H,14-16H2,1H3/t19-,21?,22+,23-/m1/s1. The Kier molecular flexibility index (Phi) is 7.88. The number of aromatic nitrogens is 2. The third-order valence-corrected chi connectivity index (χ3v) is 5.69. The molecule has 1 N–H and O–H groups in total. The van der Waals surface area contributed by atoms with Crippen molar-refractivity contribution in [2.45, 2.75) is 37.9 Å². The van der Waals surface area contributed by atoms with Gasteiger partial charge in [-0.2, -0.15) is 0 Å². The van der Waals surface area contributed by atoms with Crippen LogP contribution in [0, 0.1) is 0 Å². The van der Waals surface area contributed by atoms with Gasteiger partial charge in [-0.1, -0.05) is 48.5 Å². The van der Waals surface area contributed by atoms with Gasteiger partial charge >= 0.3 is 11.7 Å². The average Bonchev–Trinajstić information content (AvgIpc) is 3.24. The molecule has 1 aromatic heterocycles. The van der Waals surface area contributed by atoms with Crippen LogP contribution in [0.4, 0.5) is 0 Å². The molecule has 4 atom stereocenters. The molecule has 10 heteroatoms. The van der Waals surface area contributed by atoms with E-state index in [-0.39, 0.29) is 13.3 Å². The highest BCUT2D eigenvalue weighted by molar-refractivity contribution is 5.89. The number of carbonyl (C=O) groups is 1. The summed E-state index contributed by atoms with van der Waals surface area (Å²) in [6.45, 7) is -0.530. The lowest BCUT2D eigenvalue weighted by Crippen LogP contribution is -2.44. The third-order valence-electron chi connectivity index (χ3n) is 5.69. The number of carbonyl (C=O) groups excluding carboxylic acids is 1. The molecule has 1 aliphatic heterocycles. The highest BCUT2D eigenvalue weighted by Crippen LogP contribution is 2.33. The first-order valence-corrected chi connectivity index (χ1v) is 11.0. The second kappa shape index (κ2) is 11.2. The smallest absolute Gasteiger partial charge is 0.338 e. The number of nitrogens with zero attached hydrogens (tertiary/aromatic N) is 2. The second-order valence-electron chi connectivity index (χ2n) is 7.92. The first-order valence-electron chi connectivity index (χ1n) is 11.0. The van der Waals surface area contributed by atoms with E-state index in [1.165, 1.54) is 23.9 Å². The summed E-state index contributed by atoms with van der Waals surface area (Å²) in [4.78, 5) is 38.2. The number of methoxy groups -OCH3 is 1. The van der Waals surface area contributed by atoms with Crippen LogP contribution in [0.3, 0.4) is 0 Å². The van der Waals surface area contributed by atoms with E-state index >= 15 is 0 Å². The quantitative estimate of drug-likeness (QED) is 0.454. The zero-order valence-corrected chi connectivity index (χ0v) is 19.1. The lowest BCUT2D eigenvalue weighted by molar-refractivity contribution is -0.0641. The minimum atomic E-state index is -1.06. The van der Waals surface area contributed by atoms with Crippen LogP contribution in [0.15, 0.2) is 82.5 Å². The lowest BCUT2D eigenvalue weighted by Gasteiger charge is -2.23. The van der Waals surface area contributed by atoms with E-state index in [4.69, 9.17) is 18.9 Å². The van der Waals surface area contributed by atoms with Gasteiger partial charge in [0.25, 0.3) is 5.56 Å². The van der Waals surface area contributed by atoms with Crippen LogP contribution in [0.25, 0.3) is 0 Å². The molecule has 0 saturated carbocycles. The van der Waals surface area contributed by atoms with Gasteiger partial charge in [-0.25, -0.2) is 14.2 Å². The highest BCUT2D eigenvalue weighted by atomic mass is 16.6.